The van der Waals surface area contributed by atoms with E-state index in [0.29, 0.717) is 11.7 Å². The fourth-order valence-corrected chi connectivity index (χ4v) is 2.12. The van der Waals surface area contributed by atoms with Crippen molar-refractivity contribution in [1.82, 2.24) is 9.78 Å². The third-order valence-electron chi connectivity index (χ3n) is 3.63. The van der Waals surface area contributed by atoms with Crippen molar-refractivity contribution < 1.29 is 5.11 Å². The van der Waals surface area contributed by atoms with Crippen molar-refractivity contribution in [2.45, 2.75) is 78.7 Å². The Morgan fingerprint density at radius 3 is 2.39 bits per heavy atom. The van der Waals surface area contributed by atoms with Gasteiger partial charge in [-0.05, 0) is 25.7 Å². The molecular formula is C15H28N2O. The van der Waals surface area contributed by atoms with Gasteiger partial charge < -0.3 is 5.11 Å². The molecule has 0 bridgehead atoms. The predicted octanol–water partition coefficient (Wildman–Crippen LogP) is 4.24. The molecule has 1 unspecified atom stereocenters. The quantitative estimate of drug-likeness (QED) is 0.751. The van der Waals surface area contributed by atoms with Gasteiger partial charge in [0.1, 0.15) is 5.69 Å². The first-order chi connectivity index (χ1) is 8.65. The Bertz CT molecular complexity index is 358. The second-order valence-corrected chi connectivity index (χ2v) is 5.17. The number of hydrogen-bond donors (Lipinski definition) is 1. The molecule has 0 aromatic carbocycles. The van der Waals surface area contributed by atoms with Crippen LogP contribution in [0.5, 0.6) is 5.75 Å². The van der Waals surface area contributed by atoms with E-state index in [1.54, 1.807) is 0 Å². The van der Waals surface area contributed by atoms with E-state index >= 15 is 0 Å². The van der Waals surface area contributed by atoms with Crippen molar-refractivity contribution in [1.29, 1.82) is 0 Å². The Morgan fingerprint density at radius 1 is 1.17 bits per heavy atom. The molecule has 1 rings (SSSR count). The molecule has 0 aliphatic carbocycles. The number of hydrogen-bond acceptors (Lipinski definition) is 2. The van der Waals surface area contributed by atoms with Crippen molar-refractivity contribution in [3.63, 3.8) is 0 Å². The molecule has 0 saturated heterocycles. The van der Waals surface area contributed by atoms with Crippen molar-refractivity contribution >= 4 is 0 Å². The average molecular weight is 252 g/mol. The second kappa shape index (κ2) is 7.45. The molecule has 0 radical (unpaired) electrons. The molecule has 3 nitrogen and oxygen atoms in total. The summed E-state index contributed by atoms with van der Waals surface area (Å²) in [5, 5.41) is 15.0. The highest BCUT2D eigenvalue weighted by Gasteiger charge is 2.19. The summed E-state index contributed by atoms with van der Waals surface area (Å²) in [7, 11) is 0. The van der Waals surface area contributed by atoms with Crippen LogP contribution in [0.15, 0.2) is 0 Å². The van der Waals surface area contributed by atoms with E-state index in [1.807, 2.05) is 4.68 Å². The lowest BCUT2D eigenvalue weighted by molar-refractivity contribution is 0.450. The summed E-state index contributed by atoms with van der Waals surface area (Å²) < 4.78 is 2.04. The minimum Gasteiger partial charge on any atom is -0.504 e. The minimum atomic E-state index is 0.341. The Kier molecular flexibility index (Phi) is 6.23. The number of nitrogens with zero attached hydrogens (tertiary/aromatic N) is 2. The third-order valence-corrected chi connectivity index (χ3v) is 3.63. The molecule has 0 spiro atoms. The molecular weight excluding hydrogens is 224 g/mol. The van der Waals surface area contributed by atoms with E-state index in [2.05, 4.69) is 32.8 Å². The van der Waals surface area contributed by atoms with Crippen molar-refractivity contribution in [2.24, 2.45) is 0 Å². The van der Waals surface area contributed by atoms with Crippen molar-refractivity contribution in [3.8, 4) is 5.75 Å². The fraction of sp³-hybridized carbons (Fsp3) is 0.800. The fourth-order valence-electron chi connectivity index (χ4n) is 2.12. The van der Waals surface area contributed by atoms with Gasteiger partial charge in [-0.3, -0.25) is 4.68 Å². The summed E-state index contributed by atoms with van der Waals surface area (Å²) >= 11 is 0. The van der Waals surface area contributed by atoms with Gasteiger partial charge in [-0.25, -0.2) is 0 Å². The molecule has 3 heteroatoms. The van der Waals surface area contributed by atoms with Crippen LogP contribution in [0.4, 0.5) is 0 Å². The van der Waals surface area contributed by atoms with Crippen LogP contribution in [-0.4, -0.2) is 14.9 Å². The molecule has 0 saturated carbocycles. The van der Waals surface area contributed by atoms with Crippen LogP contribution in [0.1, 0.15) is 77.1 Å². The summed E-state index contributed by atoms with van der Waals surface area (Å²) in [5.41, 5.74) is 1.93. The monoisotopic (exact) mass is 252 g/mol. The molecule has 18 heavy (non-hydrogen) atoms. The number of aromatic hydroxyl groups is 1. The molecule has 0 aliphatic rings. The molecule has 1 aromatic heterocycles. The van der Waals surface area contributed by atoms with Crippen LogP contribution < -0.4 is 0 Å². The second-order valence-electron chi connectivity index (χ2n) is 5.17. The normalized spacial score (nSPS) is 12.9. The summed E-state index contributed by atoms with van der Waals surface area (Å²) in [6.45, 7) is 9.57. The molecule has 1 atom stereocenters. The smallest absolute Gasteiger partial charge is 0.160 e. The molecule has 0 amide bonds. The number of unbranched alkanes of at least 4 members (excludes halogenated alkanes) is 2. The Balaban J connectivity index is 2.97. The SMILES string of the molecule is CCCCc1c(O)c(C(C)CC)nn1CCCC. The minimum absolute atomic E-state index is 0.341. The van der Waals surface area contributed by atoms with Crippen molar-refractivity contribution in [3.05, 3.63) is 11.4 Å². The summed E-state index contributed by atoms with van der Waals surface area (Å²) in [6.07, 6.45) is 6.51. The van der Waals surface area contributed by atoms with Gasteiger partial charge >= 0.3 is 0 Å². The van der Waals surface area contributed by atoms with Gasteiger partial charge in [0, 0.05) is 12.5 Å². The maximum atomic E-state index is 10.4. The van der Waals surface area contributed by atoms with Crippen LogP contribution in [0, 0.1) is 0 Å². The summed E-state index contributed by atoms with van der Waals surface area (Å²) in [6, 6.07) is 0. The maximum absolute atomic E-state index is 10.4. The highest BCUT2D eigenvalue weighted by atomic mass is 16.3. The Labute approximate surface area is 111 Å². The first-order valence-corrected chi connectivity index (χ1v) is 7.44. The van der Waals surface area contributed by atoms with Gasteiger partial charge in [0.2, 0.25) is 0 Å². The molecule has 104 valence electrons. The molecule has 1 aromatic rings. The van der Waals surface area contributed by atoms with Gasteiger partial charge in [0.15, 0.2) is 5.75 Å². The van der Waals surface area contributed by atoms with Gasteiger partial charge in [-0.15, -0.1) is 0 Å². The van der Waals surface area contributed by atoms with Crippen LogP contribution in [0.3, 0.4) is 0 Å². The highest BCUT2D eigenvalue weighted by Crippen LogP contribution is 2.31. The van der Waals surface area contributed by atoms with E-state index in [4.69, 9.17) is 0 Å². The third kappa shape index (κ3) is 3.50. The lowest BCUT2D eigenvalue weighted by Gasteiger charge is -2.06. The predicted molar refractivity (Wildman–Crippen MR) is 76.1 cm³/mol. The molecule has 0 aliphatic heterocycles. The first kappa shape index (κ1) is 15.1. The number of aromatic nitrogens is 2. The topological polar surface area (TPSA) is 38.1 Å². The van der Waals surface area contributed by atoms with E-state index in [0.717, 1.165) is 56.5 Å². The highest BCUT2D eigenvalue weighted by molar-refractivity contribution is 5.34. The standard InChI is InChI=1S/C15H28N2O/c1-5-8-10-13-15(18)14(12(4)7-3)16-17(13)11-9-6-2/h12,18H,5-11H2,1-4H3. The van der Waals surface area contributed by atoms with E-state index in [9.17, 15) is 5.11 Å². The van der Waals surface area contributed by atoms with E-state index < -0.39 is 0 Å². The maximum Gasteiger partial charge on any atom is 0.160 e. The zero-order chi connectivity index (χ0) is 13.5. The van der Waals surface area contributed by atoms with E-state index in [1.165, 1.54) is 0 Å². The van der Waals surface area contributed by atoms with Crippen LogP contribution in [0.25, 0.3) is 0 Å². The zero-order valence-electron chi connectivity index (χ0n) is 12.4. The summed E-state index contributed by atoms with van der Waals surface area (Å²) in [5.74, 6) is 0.794. The molecule has 0 fully saturated rings. The van der Waals surface area contributed by atoms with Crippen molar-refractivity contribution in [2.75, 3.05) is 0 Å². The van der Waals surface area contributed by atoms with E-state index in [-0.39, 0.29) is 0 Å². The van der Waals surface area contributed by atoms with Gasteiger partial charge in [0.05, 0.1) is 5.69 Å². The lowest BCUT2D eigenvalue weighted by Crippen LogP contribution is -2.05. The van der Waals surface area contributed by atoms with Gasteiger partial charge in [0.25, 0.3) is 0 Å². The molecule has 1 heterocycles. The average Bonchev–Trinajstić information content (AvgIpc) is 2.69. The van der Waals surface area contributed by atoms with Crippen LogP contribution in [-0.2, 0) is 13.0 Å². The van der Waals surface area contributed by atoms with Gasteiger partial charge in [-0.2, -0.15) is 5.10 Å². The Morgan fingerprint density at radius 2 is 1.83 bits per heavy atom. The largest absolute Gasteiger partial charge is 0.504 e. The molecule has 1 N–H and O–H groups in total. The van der Waals surface area contributed by atoms with Crippen LogP contribution in [0.2, 0.25) is 0 Å². The number of aryl methyl sites for hydroxylation is 1. The zero-order valence-corrected chi connectivity index (χ0v) is 12.4. The van der Waals surface area contributed by atoms with Gasteiger partial charge in [-0.1, -0.05) is 40.5 Å². The lowest BCUT2D eigenvalue weighted by atomic mass is 10.0. The number of rotatable bonds is 8. The Hall–Kier alpha value is -0.990. The first-order valence-electron chi connectivity index (χ1n) is 7.44. The summed E-state index contributed by atoms with van der Waals surface area (Å²) in [4.78, 5) is 0. The van der Waals surface area contributed by atoms with Crippen LogP contribution >= 0.6 is 0 Å².